The van der Waals surface area contributed by atoms with Gasteiger partial charge in [0.15, 0.2) is 0 Å². The first kappa shape index (κ1) is 9.11. The van der Waals surface area contributed by atoms with Crippen LogP contribution < -0.4 is 5.32 Å². The van der Waals surface area contributed by atoms with Crippen molar-refractivity contribution in [2.24, 2.45) is 5.92 Å². The Morgan fingerprint density at radius 1 is 1.58 bits per heavy atom. The van der Waals surface area contributed by atoms with E-state index in [1.54, 1.807) is 0 Å². The lowest BCUT2D eigenvalue weighted by Crippen LogP contribution is -2.41. The van der Waals surface area contributed by atoms with Gasteiger partial charge in [0.05, 0.1) is 0 Å². The zero-order chi connectivity index (χ0) is 8.97. The number of hydrogen-bond donors (Lipinski definition) is 1. The normalized spacial score (nSPS) is 24.6. The maximum absolute atomic E-state index is 3.38. The molecule has 1 nitrogen and oxygen atoms in total. The van der Waals surface area contributed by atoms with Gasteiger partial charge in [-0.25, -0.2) is 0 Å². The molecule has 1 fully saturated rings. The van der Waals surface area contributed by atoms with Crippen LogP contribution in [0.1, 0.15) is 19.8 Å². The van der Waals surface area contributed by atoms with Crippen LogP contribution in [0.3, 0.4) is 0 Å². The van der Waals surface area contributed by atoms with E-state index in [9.17, 15) is 0 Å². The van der Waals surface area contributed by atoms with Crippen LogP contribution in [0.25, 0.3) is 0 Å². The molecule has 0 bridgehead atoms. The zero-order valence-electron chi connectivity index (χ0n) is 7.77. The molecule has 0 amide bonds. The molecule has 2 aliphatic rings. The third-order valence-electron chi connectivity index (χ3n) is 2.41. The molecule has 12 heavy (non-hydrogen) atoms. The number of rotatable bonds is 1. The van der Waals surface area contributed by atoms with Crippen molar-refractivity contribution in [3.8, 4) is 0 Å². The third-order valence-corrected chi connectivity index (χ3v) is 2.41. The Hall–Kier alpha value is -0.980. The average molecular weight is 163 g/mol. The van der Waals surface area contributed by atoms with Crippen molar-refractivity contribution < 1.29 is 0 Å². The molecule has 0 radical (unpaired) electrons. The third kappa shape index (κ3) is 1.45. The molecule has 0 aromatic rings. The minimum atomic E-state index is 0.847. The molecule has 1 saturated heterocycles. The molecular formula is C11H17N. The Labute approximate surface area is 74.9 Å². The van der Waals surface area contributed by atoms with E-state index in [0.29, 0.717) is 0 Å². The second kappa shape index (κ2) is 4.15. The first-order valence-electron chi connectivity index (χ1n) is 4.55. The minimum Gasteiger partial charge on any atom is -0.387 e. The van der Waals surface area contributed by atoms with E-state index >= 15 is 0 Å². The Bertz CT molecular complexity index is 213. The highest BCUT2D eigenvalue weighted by atomic mass is 15.0. The van der Waals surface area contributed by atoms with Gasteiger partial charge in [0.25, 0.3) is 0 Å². The highest BCUT2D eigenvalue weighted by molar-refractivity contribution is 5.34. The van der Waals surface area contributed by atoms with Gasteiger partial charge in [-0.3, -0.25) is 0 Å². The van der Waals surface area contributed by atoms with Gasteiger partial charge in [-0.1, -0.05) is 19.1 Å². The Kier molecular flexibility index (Phi) is 3.15. The first-order valence-corrected chi connectivity index (χ1v) is 4.55. The van der Waals surface area contributed by atoms with E-state index in [-0.39, 0.29) is 0 Å². The topological polar surface area (TPSA) is 12.0 Å². The van der Waals surface area contributed by atoms with Crippen molar-refractivity contribution in [3.63, 3.8) is 0 Å². The summed E-state index contributed by atoms with van der Waals surface area (Å²) in [6.07, 6.45) is 6.99. The molecular weight excluding hydrogens is 146 g/mol. The van der Waals surface area contributed by atoms with Crippen molar-refractivity contribution >= 4 is 0 Å². The maximum Gasteiger partial charge on any atom is 0.0230 e. The van der Waals surface area contributed by atoms with Crippen LogP contribution in [0, 0.1) is 5.92 Å². The van der Waals surface area contributed by atoms with Gasteiger partial charge in [-0.15, -0.1) is 13.2 Å². The van der Waals surface area contributed by atoms with E-state index in [1.165, 1.54) is 30.7 Å². The van der Waals surface area contributed by atoms with Gasteiger partial charge in [0, 0.05) is 18.2 Å². The van der Waals surface area contributed by atoms with Crippen molar-refractivity contribution in [2.75, 3.05) is 6.54 Å². The second-order valence-corrected chi connectivity index (χ2v) is 3.01. The highest BCUT2D eigenvalue weighted by Gasteiger charge is 2.26. The predicted molar refractivity (Wildman–Crippen MR) is 53.8 cm³/mol. The molecule has 0 aromatic carbocycles. The lowest BCUT2D eigenvalue weighted by molar-refractivity contribution is 0.427. The van der Waals surface area contributed by atoms with Crippen LogP contribution in [-0.4, -0.2) is 6.54 Å². The largest absolute Gasteiger partial charge is 0.387 e. The molecule has 1 heteroatoms. The predicted octanol–water partition coefficient (Wildman–Crippen LogP) is 2.63. The summed E-state index contributed by atoms with van der Waals surface area (Å²) in [5.41, 5.74) is 3.03. The SMILES string of the molecule is C=C.CCC1=C2NCC2CC=C1. The Balaban J connectivity index is 0.000000336. The van der Waals surface area contributed by atoms with Crippen molar-refractivity contribution in [3.05, 3.63) is 36.6 Å². The van der Waals surface area contributed by atoms with E-state index in [1.807, 2.05) is 0 Å². The van der Waals surface area contributed by atoms with Gasteiger partial charge in [0.1, 0.15) is 0 Å². The number of allylic oxidation sites excluding steroid dienone is 3. The maximum atomic E-state index is 3.38. The zero-order valence-corrected chi connectivity index (χ0v) is 7.77. The molecule has 1 aliphatic heterocycles. The molecule has 0 aromatic heterocycles. The summed E-state index contributed by atoms with van der Waals surface area (Å²) in [7, 11) is 0. The first-order chi connectivity index (χ1) is 5.92. The van der Waals surface area contributed by atoms with Gasteiger partial charge < -0.3 is 5.32 Å². The Morgan fingerprint density at radius 3 is 2.75 bits per heavy atom. The van der Waals surface area contributed by atoms with Crippen LogP contribution in [0.5, 0.6) is 0 Å². The molecule has 0 spiro atoms. The Morgan fingerprint density at radius 2 is 2.33 bits per heavy atom. The summed E-state index contributed by atoms with van der Waals surface area (Å²) < 4.78 is 0. The summed E-state index contributed by atoms with van der Waals surface area (Å²) in [4.78, 5) is 0. The van der Waals surface area contributed by atoms with Crippen LogP contribution in [0.2, 0.25) is 0 Å². The summed E-state index contributed by atoms with van der Waals surface area (Å²) in [6, 6.07) is 0. The monoisotopic (exact) mass is 163 g/mol. The lowest BCUT2D eigenvalue weighted by atomic mass is 9.85. The van der Waals surface area contributed by atoms with Crippen molar-refractivity contribution in [1.82, 2.24) is 5.32 Å². The lowest BCUT2D eigenvalue weighted by Gasteiger charge is -2.35. The van der Waals surface area contributed by atoms with Crippen molar-refractivity contribution in [1.29, 1.82) is 0 Å². The van der Waals surface area contributed by atoms with Crippen LogP contribution >= 0.6 is 0 Å². The van der Waals surface area contributed by atoms with Gasteiger partial charge in [0.2, 0.25) is 0 Å². The molecule has 1 atom stereocenters. The van der Waals surface area contributed by atoms with Gasteiger partial charge in [-0.05, 0) is 18.4 Å². The minimum absolute atomic E-state index is 0.847. The quantitative estimate of drug-likeness (QED) is 0.586. The van der Waals surface area contributed by atoms with Crippen LogP contribution in [0.4, 0.5) is 0 Å². The summed E-state index contributed by atoms with van der Waals surface area (Å²) >= 11 is 0. The van der Waals surface area contributed by atoms with Gasteiger partial charge in [-0.2, -0.15) is 0 Å². The second-order valence-electron chi connectivity index (χ2n) is 3.01. The fraction of sp³-hybridized carbons (Fsp3) is 0.455. The highest BCUT2D eigenvalue weighted by Crippen LogP contribution is 2.30. The molecule has 1 heterocycles. The standard InChI is InChI=1S/C9H13N.C2H4/c1-2-7-4-3-5-8-6-10-9(7)8;1-2/h3-4,8,10H,2,5-6H2,1H3;1-2H2. The van der Waals surface area contributed by atoms with E-state index in [4.69, 9.17) is 0 Å². The summed E-state index contributed by atoms with van der Waals surface area (Å²) in [5, 5.41) is 3.38. The van der Waals surface area contributed by atoms with Crippen molar-refractivity contribution in [2.45, 2.75) is 19.8 Å². The van der Waals surface area contributed by atoms with Crippen LogP contribution in [0.15, 0.2) is 36.6 Å². The van der Waals surface area contributed by atoms with E-state index in [0.717, 1.165) is 5.92 Å². The summed E-state index contributed by atoms with van der Waals surface area (Å²) in [6.45, 7) is 9.41. The molecule has 1 aliphatic carbocycles. The number of hydrogen-bond acceptors (Lipinski definition) is 1. The molecule has 2 rings (SSSR count). The van der Waals surface area contributed by atoms with Gasteiger partial charge >= 0.3 is 0 Å². The van der Waals surface area contributed by atoms with E-state index < -0.39 is 0 Å². The molecule has 1 unspecified atom stereocenters. The van der Waals surface area contributed by atoms with E-state index in [2.05, 4.69) is 37.6 Å². The smallest absolute Gasteiger partial charge is 0.0230 e. The molecule has 1 N–H and O–H groups in total. The summed E-state index contributed by atoms with van der Waals surface area (Å²) in [5.74, 6) is 0.847. The fourth-order valence-corrected chi connectivity index (χ4v) is 1.70. The number of nitrogens with one attached hydrogen (secondary N) is 1. The number of fused-ring (bicyclic) bond motifs is 1. The average Bonchev–Trinajstić information content (AvgIpc) is 2.10. The van der Waals surface area contributed by atoms with Crippen LogP contribution in [-0.2, 0) is 0 Å². The fourth-order valence-electron chi connectivity index (χ4n) is 1.70. The molecule has 0 saturated carbocycles. The molecule has 66 valence electrons.